The van der Waals surface area contributed by atoms with Crippen LogP contribution in [0.3, 0.4) is 0 Å². The first kappa shape index (κ1) is 25.9. The Morgan fingerprint density at radius 2 is 1.72 bits per heavy atom. The molecule has 4 rings (SSSR count). The molecule has 10 heteroatoms. The van der Waals surface area contributed by atoms with E-state index in [1.54, 1.807) is 0 Å². The van der Waals surface area contributed by atoms with Crippen molar-refractivity contribution in [1.82, 2.24) is 29.4 Å². The van der Waals surface area contributed by atoms with Gasteiger partial charge in [0.05, 0.1) is 0 Å². The Kier molecular flexibility index (Phi) is 9.81. The third-order valence-electron chi connectivity index (χ3n) is 7.36. The quantitative estimate of drug-likeness (QED) is 0.328. The van der Waals surface area contributed by atoms with E-state index in [0.717, 1.165) is 56.1 Å². The van der Waals surface area contributed by atoms with Crippen LogP contribution in [0.4, 0.5) is 5.13 Å². The van der Waals surface area contributed by atoms with Crippen molar-refractivity contribution < 1.29 is 0 Å². The number of piperidine rings is 2. The first-order chi connectivity index (χ1) is 15.1. The highest BCUT2D eigenvalue weighted by molar-refractivity contribution is 14.0. The van der Waals surface area contributed by atoms with Crippen molar-refractivity contribution in [3.8, 4) is 0 Å². The monoisotopic (exact) mass is 576 g/mol. The number of hydrogen-bond acceptors (Lipinski definition) is 7. The Morgan fingerprint density at radius 1 is 1.03 bits per heavy atom. The molecule has 0 radical (unpaired) electrons. The first-order valence-corrected chi connectivity index (χ1v) is 12.9. The predicted octanol–water partition coefficient (Wildman–Crippen LogP) is 2.37. The summed E-state index contributed by atoms with van der Waals surface area (Å²) in [6, 6.07) is 0. The zero-order chi connectivity index (χ0) is 21.7. The number of anilines is 1. The average Bonchev–Trinajstić information content (AvgIpc) is 3.31. The lowest BCUT2D eigenvalue weighted by atomic mass is 9.84. The molecule has 3 fully saturated rings. The summed E-state index contributed by atoms with van der Waals surface area (Å²) < 4.78 is 4.45. The third kappa shape index (κ3) is 6.04. The fraction of sp³-hybridized carbons (Fsp3) is 0.864. The largest absolute Gasteiger partial charge is 0.354 e. The van der Waals surface area contributed by atoms with Gasteiger partial charge in [0.1, 0.15) is 5.82 Å². The molecule has 3 aliphatic heterocycles. The van der Waals surface area contributed by atoms with Gasteiger partial charge in [0.2, 0.25) is 5.13 Å². The summed E-state index contributed by atoms with van der Waals surface area (Å²) in [7, 11) is 4.18. The van der Waals surface area contributed by atoms with Gasteiger partial charge in [0, 0.05) is 63.3 Å². The minimum Gasteiger partial charge on any atom is -0.354 e. The number of nitrogens with one attached hydrogen (secondary N) is 1. The van der Waals surface area contributed by atoms with Crippen molar-refractivity contribution in [3.05, 3.63) is 5.82 Å². The van der Waals surface area contributed by atoms with Crippen LogP contribution in [0.2, 0.25) is 0 Å². The van der Waals surface area contributed by atoms with Crippen LogP contribution in [0.15, 0.2) is 4.99 Å². The fourth-order valence-electron chi connectivity index (χ4n) is 5.21. The number of hydrogen-bond donors (Lipinski definition) is 1. The van der Waals surface area contributed by atoms with E-state index in [1.165, 1.54) is 69.8 Å². The van der Waals surface area contributed by atoms with Crippen LogP contribution in [-0.2, 0) is 6.42 Å². The maximum Gasteiger partial charge on any atom is 0.205 e. The summed E-state index contributed by atoms with van der Waals surface area (Å²) in [4.78, 5) is 19.4. The van der Waals surface area contributed by atoms with Crippen LogP contribution in [0.25, 0.3) is 0 Å². The molecule has 1 aromatic rings. The molecular formula is C22H41IN8S. The van der Waals surface area contributed by atoms with Gasteiger partial charge >= 0.3 is 0 Å². The van der Waals surface area contributed by atoms with Crippen molar-refractivity contribution in [3.63, 3.8) is 0 Å². The lowest BCUT2D eigenvalue weighted by molar-refractivity contribution is 0.0169. The van der Waals surface area contributed by atoms with Gasteiger partial charge in [-0.3, -0.25) is 9.89 Å². The molecule has 0 saturated carbocycles. The van der Waals surface area contributed by atoms with E-state index < -0.39 is 0 Å². The number of aliphatic imine (C=N–C) groups is 1. The van der Waals surface area contributed by atoms with Gasteiger partial charge in [-0.15, -0.1) is 24.0 Å². The van der Waals surface area contributed by atoms with Gasteiger partial charge in [0.15, 0.2) is 5.96 Å². The van der Waals surface area contributed by atoms with Crippen molar-refractivity contribution in [2.45, 2.75) is 51.0 Å². The van der Waals surface area contributed by atoms with E-state index in [1.807, 2.05) is 7.05 Å². The summed E-state index contributed by atoms with van der Waals surface area (Å²) in [6.07, 6.45) is 7.48. The minimum atomic E-state index is 0. The molecule has 1 N–H and O–H groups in total. The number of aromatic nitrogens is 2. The Labute approximate surface area is 215 Å². The van der Waals surface area contributed by atoms with Crippen molar-refractivity contribution in [2.75, 3.05) is 77.9 Å². The van der Waals surface area contributed by atoms with Crippen molar-refractivity contribution in [1.29, 1.82) is 0 Å². The molecule has 4 heterocycles. The van der Waals surface area contributed by atoms with Crippen LogP contribution in [0, 0.1) is 0 Å². The van der Waals surface area contributed by atoms with E-state index in [4.69, 9.17) is 0 Å². The van der Waals surface area contributed by atoms with Gasteiger partial charge in [-0.25, -0.2) is 4.98 Å². The van der Waals surface area contributed by atoms with E-state index >= 15 is 0 Å². The van der Waals surface area contributed by atoms with Crippen LogP contribution in [-0.4, -0.2) is 109 Å². The molecule has 8 nitrogen and oxygen atoms in total. The smallest absolute Gasteiger partial charge is 0.205 e. The Balaban J connectivity index is 0.00000289. The molecule has 0 amide bonds. The lowest BCUT2D eigenvalue weighted by Crippen LogP contribution is -2.63. The normalized spacial score (nSPS) is 23.2. The number of aryl methyl sites for hydroxylation is 1. The Bertz CT molecular complexity index is 719. The van der Waals surface area contributed by atoms with Crippen molar-refractivity contribution in [2.24, 2.45) is 4.99 Å². The lowest BCUT2D eigenvalue weighted by Gasteiger charge is -2.50. The predicted molar refractivity (Wildman–Crippen MR) is 145 cm³/mol. The summed E-state index contributed by atoms with van der Waals surface area (Å²) in [6.45, 7) is 11.9. The van der Waals surface area contributed by atoms with E-state index in [2.05, 4.69) is 53.2 Å². The zero-order valence-electron chi connectivity index (χ0n) is 20.1. The molecule has 182 valence electrons. The Morgan fingerprint density at radius 3 is 2.31 bits per heavy atom. The molecular weight excluding hydrogens is 535 g/mol. The topological polar surface area (TPSA) is 63.1 Å². The highest BCUT2D eigenvalue weighted by atomic mass is 127. The minimum absolute atomic E-state index is 0. The molecule has 3 aliphatic rings. The molecule has 0 atom stereocenters. The highest BCUT2D eigenvalue weighted by Gasteiger charge is 2.40. The number of guanidine groups is 1. The third-order valence-corrected chi connectivity index (χ3v) is 8.17. The van der Waals surface area contributed by atoms with E-state index in [0.29, 0.717) is 0 Å². The molecule has 0 aromatic carbocycles. The summed E-state index contributed by atoms with van der Waals surface area (Å²) in [5, 5.41) is 4.87. The van der Waals surface area contributed by atoms with E-state index in [-0.39, 0.29) is 29.5 Å². The molecule has 32 heavy (non-hydrogen) atoms. The van der Waals surface area contributed by atoms with Gasteiger partial charge < -0.3 is 20.0 Å². The molecule has 0 spiro atoms. The average molecular weight is 577 g/mol. The second-order valence-corrected chi connectivity index (χ2v) is 10.0. The van der Waals surface area contributed by atoms with Crippen molar-refractivity contribution >= 4 is 46.6 Å². The van der Waals surface area contributed by atoms with Gasteiger partial charge in [0.25, 0.3) is 0 Å². The summed E-state index contributed by atoms with van der Waals surface area (Å²) in [5.74, 6) is 2.02. The van der Waals surface area contributed by atoms with Crippen LogP contribution in [0.1, 0.15) is 44.9 Å². The van der Waals surface area contributed by atoms with Crippen LogP contribution >= 0.6 is 35.5 Å². The number of halogens is 1. The van der Waals surface area contributed by atoms with E-state index in [9.17, 15) is 0 Å². The van der Waals surface area contributed by atoms with Crippen LogP contribution in [0.5, 0.6) is 0 Å². The fourth-order valence-corrected chi connectivity index (χ4v) is 6.01. The number of rotatable bonds is 5. The molecule has 3 saturated heterocycles. The van der Waals surface area contributed by atoms with Gasteiger partial charge in [-0.2, -0.15) is 4.37 Å². The number of piperazine rings is 1. The second kappa shape index (κ2) is 12.1. The Hall–Kier alpha value is -0.720. The zero-order valence-corrected chi connectivity index (χ0v) is 23.2. The standard InChI is InChI=1S/C22H40N8S.HI/c1-4-19-25-21(31-26-19)29-16-14-28(15-17-29)20(23-2)24-18-22(8-12-27(3)13-9-22)30-10-6-5-7-11-30;/h4-18H2,1-3H3,(H,23,24);1H. The molecule has 0 unspecified atom stereocenters. The second-order valence-electron chi connectivity index (χ2n) is 9.30. The maximum atomic E-state index is 4.67. The maximum absolute atomic E-state index is 4.67. The molecule has 0 bridgehead atoms. The van der Waals surface area contributed by atoms with Gasteiger partial charge in [-0.1, -0.05) is 13.3 Å². The van der Waals surface area contributed by atoms with Crippen LogP contribution < -0.4 is 10.2 Å². The first-order valence-electron chi connectivity index (χ1n) is 12.1. The van der Waals surface area contributed by atoms with Gasteiger partial charge in [-0.05, 0) is 58.9 Å². The highest BCUT2D eigenvalue weighted by Crippen LogP contribution is 2.31. The number of nitrogens with zero attached hydrogens (tertiary/aromatic N) is 7. The summed E-state index contributed by atoms with van der Waals surface area (Å²) >= 11 is 1.53. The number of likely N-dealkylation sites (tertiary alicyclic amines) is 2. The molecule has 0 aliphatic carbocycles. The molecule has 1 aromatic heterocycles. The summed E-state index contributed by atoms with van der Waals surface area (Å²) in [5.41, 5.74) is 0.272. The SMILES string of the molecule is CCc1nsc(N2CCN(C(=NC)NCC3(N4CCCCC4)CCN(C)CC3)CC2)n1.I.